The van der Waals surface area contributed by atoms with Crippen LogP contribution in [0.15, 0.2) is 36.4 Å². The quantitative estimate of drug-likeness (QED) is 0.817. The van der Waals surface area contributed by atoms with Gasteiger partial charge in [-0.15, -0.1) is 0 Å². The van der Waals surface area contributed by atoms with Gasteiger partial charge in [0.05, 0.1) is 5.69 Å². The number of halogens is 2. The Morgan fingerprint density at radius 1 is 1.21 bits per heavy atom. The molecular formula is C14H12F2N2O. The van der Waals surface area contributed by atoms with Gasteiger partial charge in [-0.2, -0.15) is 0 Å². The summed E-state index contributed by atoms with van der Waals surface area (Å²) in [6.07, 6.45) is 0. The number of nitrogens with one attached hydrogen (secondary N) is 1. The Kier molecular flexibility index (Phi) is 3.46. The van der Waals surface area contributed by atoms with Crippen molar-refractivity contribution in [2.75, 3.05) is 11.1 Å². The first-order chi connectivity index (χ1) is 8.99. The van der Waals surface area contributed by atoms with Gasteiger partial charge in [0.2, 0.25) is 0 Å². The first-order valence-corrected chi connectivity index (χ1v) is 5.60. The molecule has 0 fully saturated rings. The molecule has 1 amide bonds. The predicted molar refractivity (Wildman–Crippen MR) is 69.9 cm³/mol. The number of hydrogen-bond donors (Lipinski definition) is 2. The first-order valence-electron chi connectivity index (χ1n) is 5.60. The zero-order valence-electron chi connectivity index (χ0n) is 10.2. The lowest BCUT2D eigenvalue weighted by Gasteiger charge is -2.08. The number of aryl methyl sites for hydroxylation is 1. The summed E-state index contributed by atoms with van der Waals surface area (Å²) in [5, 5.41) is 2.30. The average molecular weight is 262 g/mol. The summed E-state index contributed by atoms with van der Waals surface area (Å²) in [5.74, 6) is -2.65. The van der Waals surface area contributed by atoms with Crippen LogP contribution >= 0.6 is 0 Å². The van der Waals surface area contributed by atoms with E-state index in [4.69, 9.17) is 5.73 Å². The van der Waals surface area contributed by atoms with Crippen LogP contribution in [0.1, 0.15) is 15.9 Å². The third kappa shape index (κ3) is 2.70. The molecule has 3 nitrogen and oxygen atoms in total. The molecule has 0 spiro atoms. The lowest BCUT2D eigenvalue weighted by atomic mass is 10.1. The number of carbonyl (C=O) groups excluding carboxylic acids is 1. The third-order valence-corrected chi connectivity index (χ3v) is 2.74. The lowest BCUT2D eigenvalue weighted by molar-refractivity contribution is 0.102. The summed E-state index contributed by atoms with van der Waals surface area (Å²) in [6, 6.07) is 8.33. The Bertz CT molecular complexity index is 641. The fourth-order valence-electron chi connectivity index (χ4n) is 1.58. The van der Waals surface area contributed by atoms with Crippen LogP contribution in [0.25, 0.3) is 0 Å². The summed E-state index contributed by atoms with van der Waals surface area (Å²) in [6.45, 7) is 1.81. The zero-order chi connectivity index (χ0) is 14.0. The lowest BCUT2D eigenvalue weighted by Crippen LogP contribution is -2.14. The van der Waals surface area contributed by atoms with Crippen molar-refractivity contribution in [1.82, 2.24) is 0 Å². The molecule has 2 aromatic carbocycles. The maximum atomic E-state index is 13.4. The van der Waals surface area contributed by atoms with E-state index >= 15 is 0 Å². The van der Waals surface area contributed by atoms with Gasteiger partial charge in [-0.1, -0.05) is 12.1 Å². The maximum absolute atomic E-state index is 13.4. The summed E-state index contributed by atoms with van der Waals surface area (Å²) in [7, 11) is 0. The van der Waals surface area contributed by atoms with E-state index in [-0.39, 0.29) is 11.3 Å². The molecule has 0 aliphatic rings. The highest BCUT2D eigenvalue weighted by Crippen LogP contribution is 2.19. The number of nitrogen functional groups attached to an aromatic ring is 1. The Balaban J connectivity index is 2.26. The second-order valence-corrected chi connectivity index (χ2v) is 4.13. The minimum absolute atomic E-state index is 0.204. The highest BCUT2D eigenvalue weighted by Gasteiger charge is 2.12. The Morgan fingerprint density at radius 2 is 1.95 bits per heavy atom. The molecule has 0 unspecified atom stereocenters. The van der Waals surface area contributed by atoms with E-state index in [0.717, 1.165) is 11.6 Å². The third-order valence-electron chi connectivity index (χ3n) is 2.74. The molecule has 2 rings (SSSR count). The van der Waals surface area contributed by atoms with Crippen LogP contribution in [-0.2, 0) is 0 Å². The van der Waals surface area contributed by atoms with Crippen LogP contribution in [0.5, 0.6) is 0 Å². The van der Waals surface area contributed by atoms with Crippen LogP contribution in [0, 0.1) is 18.6 Å². The largest absolute Gasteiger partial charge is 0.398 e. The van der Waals surface area contributed by atoms with Crippen molar-refractivity contribution in [2.45, 2.75) is 6.92 Å². The molecule has 2 aromatic rings. The number of anilines is 2. The number of hydrogen-bond acceptors (Lipinski definition) is 2. The van der Waals surface area contributed by atoms with Gasteiger partial charge >= 0.3 is 0 Å². The summed E-state index contributed by atoms with van der Waals surface area (Å²) in [4.78, 5) is 11.9. The summed E-state index contributed by atoms with van der Waals surface area (Å²) >= 11 is 0. The van der Waals surface area contributed by atoms with Gasteiger partial charge in [-0.05, 0) is 36.8 Å². The molecule has 3 N–H and O–H groups in total. The number of amides is 1. The Labute approximate surface area is 109 Å². The number of nitrogens with two attached hydrogens (primary N) is 1. The molecule has 19 heavy (non-hydrogen) atoms. The van der Waals surface area contributed by atoms with E-state index in [1.54, 1.807) is 12.1 Å². The second kappa shape index (κ2) is 5.06. The molecule has 0 aromatic heterocycles. The van der Waals surface area contributed by atoms with Gasteiger partial charge in [0, 0.05) is 11.3 Å². The van der Waals surface area contributed by atoms with Crippen molar-refractivity contribution in [2.24, 2.45) is 0 Å². The van der Waals surface area contributed by atoms with E-state index in [0.29, 0.717) is 5.69 Å². The number of rotatable bonds is 2. The normalized spacial score (nSPS) is 10.3. The van der Waals surface area contributed by atoms with Crippen molar-refractivity contribution in [3.05, 3.63) is 59.2 Å². The van der Waals surface area contributed by atoms with Crippen LogP contribution in [0.2, 0.25) is 0 Å². The van der Waals surface area contributed by atoms with Gasteiger partial charge in [-0.3, -0.25) is 4.79 Å². The Morgan fingerprint density at radius 3 is 2.63 bits per heavy atom. The monoisotopic (exact) mass is 262 g/mol. The van der Waals surface area contributed by atoms with Crippen molar-refractivity contribution < 1.29 is 13.6 Å². The topological polar surface area (TPSA) is 55.1 Å². The van der Waals surface area contributed by atoms with Crippen LogP contribution in [0.4, 0.5) is 20.2 Å². The van der Waals surface area contributed by atoms with Crippen LogP contribution in [0.3, 0.4) is 0 Å². The molecule has 0 aliphatic carbocycles. The molecule has 0 radical (unpaired) electrons. The van der Waals surface area contributed by atoms with E-state index in [2.05, 4.69) is 5.32 Å². The van der Waals surface area contributed by atoms with Gasteiger partial charge < -0.3 is 11.1 Å². The highest BCUT2D eigenvalue weighted by atomic mass is 19.2. The van der Waals surface area contributed by atoms with Crippen molar-refractivity contribution in [3.8, 4) is 0 Å². The van der Waals surface area contributed by atoms with E-state index < -0.39 is 17.5 Å². The van der Waals surface area contributed by atoms with Gasteiger partial charge in [0.15, 0.2) is 11.6 Å². The minimum Gasteiger partial charge on any atom is -0.398 e. The summed E-state index contributed by atoms with van der Waals surface area (Å²) in [5.41, 5.74) is 7.08. The van der Waals surface area contributed by atoms with Gasteiger partial charge in [0.25, 0.3) is 5.91 Å². The fraction of sp³-hybridized carbons (Fsp3) is 0.0714. The van der Waals surface area contributed by atoms with Gasteiger partial charge in [-0.25, -0.2) is 8.78 Å². The Hall–Kier alpha value is -2.43. The van der Waals surface area contributed by atoms with Crippen molar-refractivity contribution in [1.29, 1.82) is 0 Å². The van der Waals surface area contributed by atoms with Crippen molar-refractivity contribution in [3.63, 3.8) is 0 Å². The molecule has 98 valence electrons. The van der Waals surface area contributed by atoms with E-state index in [1.165, 1.54) is 18.2 Å². The molecule has 0 aliphatic heterocycles. The van der Waals surface area contributed by atoms with Crippen molar-refractivity contribution >= 4 is 17.3 Å². The standard InChI is InChI=1S/C14H12F2N2O/c1-8-5-6-9(7-11(8)17)14(19)18-12-4-2-3-10(15)13(12)16/h2-7H,17H2,1H3,(H,18,19). The maximum Gasteiger partial charge on any atom is 0.255 e. The van der Waals surface area contributed by atoms with Gasteiger partial charge in [0.1, 0.15) is 0 Å². The molecule has 0 atom stereocenters. The molecule has 0 saturated carbocycles. The molecular weight excluding hydrogens is 250 g/mol. The number of benzene rings is 2. The molecule has 0 saturated heterocycles. The van der Waals surface area contributed by atoms with Crippen LogP contribution in [-0.4, -0.2) is 5.91 Å². The van der Waals surface area contributed by atoms with E-state index in [1.807, 2.05) is 6.92 Å². The molecule has 5 heteroatoms. The van der Waals surface area contributed by atoms with E-state index in [9.17, 15) is 13.6 Å². The average Bonchev–Trinajstić information content (AvgIpc) is 2.38. The first kappa shape index (κ1) is 13.0. The summed E-state index contributed by atoms with van der Waals surface area (Å²) < 4.78 is 26.4. The van der Waals surface area contributed by atoms with Crippen LogP contribution < -0.4 is 11.1 Å². The zero-order valence-corrected chi connectivity index (χ0v) is 10.2. The predicted octanol–water partition coefficient (Wildman–Crippen LogP) is 3.11. The second-order valence-electron chi connectivity index (χ2n) is 4.13. The molecule has 0 heterocycles. The SMILES string of the molecule is Cc1ccc(C(=O)Nc2cccc(F)c2F)cc1N. The molecule has 0 bridgehead atoms. The highest BCUT2D eigenvalue weighted by molar-refractivity contribution is 6.04. The fourth-order valence-corrected chi connectivity index (χ4v) is 1.58. The number of carbonyl (C=O) groups is 1. The smallest absolute Gasteiger partial charge is 0.255 e. The minimum atomic E-state index is -1.09.